The standard InChI is InChI=1S/C15H5N9/c16-6-10-4-12(8-18)23(21-10)14-2-1-3-15(20-14)24-13(9-19)5-11(7-17)22-24/h1-5H. The Balaban J connectivity index is 2.16. The number of hydrogen-bond acceptors (Lipinski definition) is 7. The van der Waals surface area contributed by atoms with Crippen molar-refractivity contribution in [2.45, 2.75) is 0 Å². The van der Waals surface area contributed by atoms with Crippen LogP contribution in [-0.2, 0) is 0 Å². The second-order valence-electron chi connectivity index (χ2n) is 4.45. The summed E-state index contributed by atoms with van der Waals surface area (Å²) in [6, 6.07) is 15.1. The topological polar surface area (TPSA) is 144 Å². The van der Waals surface area contributed by atoms with Crippen LogP contribution in [-0.4, -0.2) is 24.5 Å². The average molecular weight is 311 g/mol. The molecular formula is C15H5N9. The minimum absolute atomic E-state index is 0.0855. The van der Waals surface area contributed by atoms with Crippen molar-refractivity contribution in [1.29, 1.82) is 21.0 Å². The van der Waals surface area contributed by atoms with E-state index in [9.17, 15) is 0 Å². The highest BCUT2D eigenvalue weighted by molar-refractivity contribution is 5.41. The van der Waals surface area contributed by atoms with Crippen molar-refractivity contribution in [3.63, 3.8) is 0 Å². The van der Waals surface area contributed by atoms with Crippen LogP contribution in [0.5, 0.6) is 0 Å². The Kier molecular flexibility index (Phi) is 3.45. The summed E-state index contributed by atoms with van der Waals surface area (Å²) in [6.45, 7) is 0. The summed E-state index contributed by atoms with van der Waals surface area (Å²) in [4.78, 5) is 4.31. The van der Waals surface area contributed by atoms with E-state index in [-0.39, 0.29) is 34.4 Å². The molecule has 0 bridgehead atoms. The largest absolute Gasteiger partial charge is 0.209 e. The van der Waals surface area contributed by atoms with E-state index < -0.39 is 0 Å². The Morgan fingerprint density at radius 3 is 1.54 bits per heavy atom. The van der Waals surface area contributed by atoms with Crippen LogP contribution < -0.4 is 0 Å². The van der Waals surface area contributed by atoms with Gasteiger partial charge in [0.1, 0.15) is 35.7 Å². The van der Waals surface area contributed by atoms with Gasteiger partial charge in [0.2, 0.25) is 0 Å². The zero-order valence-electron chi connectivity index (χ0n) is 11.9. The molecule has 0 unspecified atom stereocenters. The van der Waals surface area contributed by atoms with Crippen molar-refractivity contribution in [2.75, 3.05) is 0 Å². The summed E-state index contributed by atoms with van der Waals surface area (Å²) >= 11 is 0. The lowest BCUT2D eigenvalue weighted by atomic mass is 10.3. The van der Waals surface area contributed by atoms with E-state index in [1.54, 1.807) is 18.2 Å². The van der Waals surface area contributed by atoms with Gasteiger partial charge in [-0.3, -0.25) is 0 Å². The summed E-state index contributed by atoms with van der Waals surface area (Å²) in [5.74, 6) is 0.562. The first kappa shape index (κ1) is 14.5. The summed E-state index contributed by atoms with van der Waals surface area (Å²) in [7, 11) is 0. The van der Waals surface area contributed by atoms with Crippen molar-refractivity contribution in [1.82, 2.24) is 24.5 Å². The van der Waals surface area contributed by atoms with Crippen molar-refractivity contribution < 1.29 is 0 Å². The van der Waals surface area contributed by atoms with Crippen LogP contribution in [0.1, 0.15) is 22.8 Å². The van der Waals surface area contributed by atoms with Crippen LogP contribution in [0.2, 0.25) is 0 Å². The number of nitrogens with zero attached hydrogens (tertiary/aromatic N) is 9. The molecule has 3 heterocycles. The van der Waals surface area contributed by atoms with E-state index in [2.05, 4.69) is 15.2 Å². The van der Waals surface area contributed by atoms with Crippen molar-refractivity contribution in [3.05, 3.63) is 53.1 Å². The number of aromatic nitrogens is 5. The van der Waals surface area contributed by atoms with Crippen LogP contribution in [0.3, 0.4) is 0 Å². The fraction of sp³-hybridized carbons (Fsp3) is 0. The van der Waals surface area contributed by atoms with Gasteiger partial charge in [-0.1, -0.05) is 6.07 Å². The third kappa shape index (κ3) is 2.31. The maximum absolute atomic E-state index is 9.15. The molecule has 3 aromatic rings. The van der Waals surface area contributed by atoms with Crippen LogP contribution in [0.15, 0.2) is 30.3 Å². The lowest BCUT2D eigenvalue weighted by Gasteiger charge is -2.06. The third-order valence-electron chi connectivity index (χ3n) is 3.03. The smallest absolute Gasteiger partial charge is 0.164 e. The van der Waals surface area contributed by atoms with Gasteiger partial charge in [0.25, 0.3) is 0 Å². The number of hydrogen-bond donors (Lipinski definition) is 0. The quantitative estimate of drug-likeness (QED) is 0.684. The Morgan fingerprint density at radius 2 is 1.17 bits per heavy atom. The number of rotatable bonds is 2. The van der Waals surface area contributed by atoms with E-state index in [1.165, 1.54) is 21.5 Å². The number of nitriles is 4. The van der Waals surface area contributed by atoms with E-state index in [4.69, 9.17) is 21.0 Å². The third-order valence-corrected chi connectivity index (χ3v) is 3.03. The normalized spacial score (nSPS) is 9.50. The lowest BCUT2D eigenvalue weighted by Crippen LogP contribution is -2.07. The Labute approximate surface area is 135 Å². The maximum atomic E-state index is 9.15. The van der Waals surface area contributed by atoms with Gasteiger partial charge in [-0.05, 0) is 12.1 Å². The molecule has 0 saturated heterocycles. The molecule has 0 aliphatic rings. The van der Waals surface area contributed by atoms with Crippen molar-refractivity contribution in [2.24, 2.45) is 0 Å². The predicted octanol–water partition coefficient (Wildman–Crippen LogP) is 0.940. The minimum Gasteiger partial charge on any atom is -0.209 e. The monoisotopic (exact) mass is 311 g/mol. The highest BCUT2D eigenvalue weighted by atomic mass is 15.4. The highest BCUT2D eigenvalue weighted by Crippen LogP contribution is 2.14. The van der Waals surface area contributed by atoms with E-state index >= 15 is 0 Å². The molecule has 0 saturated carbocycles. The van der Waals surface area contributed by atoms with E-state index in [0.717, 1.165) is 0 Å². The Hall–Kier alpha value is -4.47. The van der Waals surface area contributed by atoms with Gasteiger partial charge >= 0.3 is 0 Å². The van der Waals surface area contributed by atoms with E-state index in [1.807, 2.05) is 24.3 Å². The summed E-state index contributed by atoms with van der Waals surface area (Å²) in [5.41, 5.74) is 0.467. The molecule has 0 N–H and O–H groups in total. The molecule has 0 aromatic carbocycles. The first-order valence-corrected chi connectivity index (χ1v) is 6.48. The van der Waals surface area contributed by atoms with Gasteiger partial charge in [0.05, 0.1) is 0 Å². The van der Waals surface area contributed by atoms with Crippen molar-refractivity contribution in [3.8, 4) is 35.9 Å². The summed E-state index contributed by atoms with van der Waals surface area (Å²) in [5, 5.41) is 44.1. The van der Waals surface area contributed by atoms with E-state index in [0.29, 0.717) is 0 Å². The average Bonchev–Trinajstić information content (AvgIpc) is 3.25. The number of pyridine rings is 1. The second kappa shape index (κ2) is 5.73. The minimum atomic E-state index is 0.0855. The molecule has 0 fully saturated rings. The first-order valence-electron chi connectivity index (χ1n) is 6.48. The molecule has 0 spiro atoms. The molecule has 24 heavy (non-hydrogen) atoms. The molecule has 0 amide bonds. The van der Waals surface area contributed by atoms with Crippen LogP contribution in [0.25, 0.3) is 11.6 Å². The zero-order valence-corrected chi connectivity index (χ0v) is 11.9. The highest BCUT2D eigenvalue weighted by Gasteiger charge is 2.14. The fourth-order valence-electron chi connectivity index (χ4n) is 2.03. The molecule has 3 aromatic heterocycles. The molecule has 110 valence electrons. The SMILES string of the molecule is N#Cc1cc(C#N)n(-c2cccc(-n3nc(C#N)cc3C#N)n2)n1. The molecular weight excluding hydrogens is 306 g/mol. The van der Waals surface area contributed by atoms with Gasteiger partial charge in [0.15, 0.2) is 23.0 Å². The summed E-state index contributed by atoms with van der Waals surface area (Å²) in [6.07, 6.45) is 0. The van der Waals surface area contributed by atoms with Crippen LogP contribution in [0.4, 0.5) is 0 Å². The zero-order chi connectivity index (χ0) is 17.1. The molecule has 0 atom stereocenters. The second-order valence-corrected chi connectivity index (χ2v) is 4.45. The molecule has 9 nitrogen and oxygen atoms in total. The molecule has 0 aliphatic heterocycles. The first-order chi connectivity index (χ1) is 11.7. The molecule has 3 rings (SSSR count). The van der Waals surface area contributed by atoms with Gasteiger partial charge in [-0.2, -0.15) is 31.2 Å². The summed E-state index contributed by atoms with van der Waals surface area (Å²) < 4.78 is 2.45. The maximum Gasteiger partial charge on any atom is 0.164 e. The van der Waals surface area contributed by atoms with Gasteiger partial charge < -0.3 is 0 Å². The van der Waals surface area contributed by atoms with Crippen LogP contribution in [0, 0.1) is 45.3 Å². The van der Waals surface area contributed by atoms with Crippen molar-refractivity contribution >= 4 is 0 Å². The van der Waals surface area contributed by atoms with Gasteiger partial charge in [0, 0.05) is 12.1 Å². The van der Waals surface area contributed by atoms with Gasteiger partial charge in [-0.15, -0.1) is 0 Å². The van der Waals surface area contributed by atoms with Gasteiger partial charge in [-0.25, -0.2) is 14.3 Å². The Morgan fingerprint density at radius 1 is 0.708 bits per heavy atom. The molecule has 0 radical (unpaired) electrons. The molecule has 9 heteroatoms. The Bertz CT molecular complexity index is 1020. The lowest BCUT2D eigenvalue weighted by molar-refractivity contribution is 0.788. The predicted molar refractivity (Wildman–Crippen MR) is 77.3 cm³/mol. The fourth-order valence-corrected chi connectivity index (χ4v) is 2.03. The van der Waals surface area contributed by atoms with Crippen LogP contribution >= 0.6 is 0 Å². The molecule has 0 aliphatic carbocycles.